The van der Waals surface area contributed by atoms with E-state index in [1.54, 1.807) is 59.6 Å². The molecule has 9 nitrogen and oxygen atoms in total. The van der Waals surface area contributed by atoms with Gasteiger partial charge in [0, 0.05) is 11.9 Å². The first-order valence-corrected chi connectivity index (χ1v) is 12.5. The predicted octanol–water partition coefficient (Wildman–Crippen LogP) is 4.43. The van der Waals surface area contributed by atoms with E-state index in [1.165, 1.54) is 0 Å². The zero-order valence-electron chi connectivity index (χ0n) is 19.2. The van der Waals surface area contributed by atoms with E-state index in [-0.39, 0.29) is 22.9 Å². The quantitative estimate of drug-likeness (QED) is 0.489. The zero-order chi connectivity index (χ0) is 24.3. The maximum Gasteiger partial charge on any atom is 0.415 e. The largest absolute Gasteiger partial charge is 0.447 e. The third kappa shape index (κ3) is 5.12. The molecule has 1 fully saturated rings. The number of ether oxygens (including phenoxy) is 1. The van der Waals surface area contributed by atoms with Gasteiger partial charge in [-0.1, -0.05) is 44.2 Å². The lowest BCUT2D eigenvalue weighted by Gasteiger charge is -2.23. The Kier molecular flexibility index (Phi) is 6.69. The molecular weight excluding hydrogens is 454 g/mol. The SMILES string of the molecule is CC(Nc1nccc(N2C(=O)OCC2C(C)C)n1)c1ccc(NS(=O)(=O)c2ccccc2)cc1. The molecule has 2 heterocycles. The van der Waals surface area contributed by atoms with Crippen LogP contribution in [-0.2, 0) is 14.8 Å². The number of benzene rings is 2. The Morgan fingerprint density at radius 1 is 1.03 bits per heavy atom. The molecule has 1 aliphatic rings. The van der Waals surface area contributed by atoms with E-state index < -0.39 is 16.1 Å². The Morgan fingerprint density at radius 2 is 1.74 bits per heavy atom. The number of hydrogen-bond donors (Lipinski definition) is 2. The number of aromatic nitrogens is 2. The standard InChI is InChI=1S/C24H27N5O4S/c1-16(2)21-15-33-24(30)29(21)22-13-14-25-23(27-22)26-17(3)18-9-11-19(12-10-18)28-34(31,32)20-7-5-4-6-8-20/h4-14,16-17,21,28H,15H2,1-3H3,(H,25,26,27). The van der Waals surface area contributed by atoms with Crippen molar-refractivity contribution in [1.82, 2.24) is 9.97 Å². The maximum absolute atomic E-state index is 12.5. The van der Waals surface area contributed by atoms with E-state index >= 15 is 0 Å². The fourth-order valence-corrected chi connectivity index (χ4v) is 4.75. The van der Waals surface area contributed by atoms with Crippen molar-refractivity contribution >= 4 is 33.6 Å². The Morgan fingerprint density at radius 3 is 2.41 bits per heavy atom. The monoisotopic (exact) mass is 481 g/mol. The molecule has 2 unspecified atom stereocenters. The average molecular weight is 482 g/mol. The molecule has 0 radical (unpaired) electrons. The Hall–Kier alpha value is -3.66. The first-order chi connectivity index (χ1) is 16.2. The molecule has 0 spiro atoms. The lowest BCUT2D eigenvalue weighted by Crippen LogP contribution is -2.37. The van der Waals surface area contributed by atoms with Gasteiger partial charge in [-0.3, -0.25) is 9.62 Å². The number of amides is 1. The Balaban J connectivity index is 1.45. The molecule has 2 N–H and O–H groups in total. The maximum atomic E-state index is 12.5. The number of nitrogens with zero attached hydrogens (tertiary/aromatic N) is 3. The van der Waals surface area contributed by atoms with Crippen LogP contribution in [0.2, 0.25) is 0 Å². The second kappa shape index (κ2) is 9.68. The summed E-state index contributed by atoms with van der Waals surface area (Å²) in [4.78, 5) is 22.8. The molecule has 2 atom stereocenters. The number of cyclic esters (lactones) is 1. The van der Waals surface area contributed by atoms with Crippen LogP contribution in [0.3, 0.4) is 0 Å². The van der Waals surface area contributed by atoms with Gasteiger partial charge in [0.25, 0.3) is 10.0 Å². The van der Waals surface area contributed by atoms with Crippen LogP contribution in [0.5, 0.6) is 0 Å². The smallest absolute Gasteiger partial charge is 0.415 e. The van der Waals surface area contributed by atoms with Crippen molar-refractivity contribution in [3.05, 3.63) is 72.4 Å². The fraction of sp³-hybridized carbons (Fsp3) is 0.292. The van der Waals surface area contributed by atoms with E-state index in [4.69, 9.17) is 4.74 Å². The molecule has 1 aliphatic heterocycles. The summed E-state index contributed by atoms with van der Waals surface area (Å²) >= 11 is 0. The predicted molar refractivity (Wildman–Crippen MR) is 130 cm³/mol. The molecule has 0 bridgehead atoms. The second-order valence-corrected chi connectivity index (χ2v) is 10.1. The van der Waals surface area contributed by atoms with Crippen molar-refractivity contribution in [3.63, 3.8) is 0 Å². The summed E-state index contributed by atoms with van der Waals surface area (Å²) in [5, 5.41) is 3.23. The van der Waals surface area contributed by atoms with Crippen LogP contribution in [0.1, 0.15) is 32.4 Å². The highest BCUT2D eigenvalue weighted by Gasteiger charge is 2.37. The van der Waals surface area contributed by atoms with Gasteiger partial charge in [0.1, 0.15) is 12.4 Å². The minimum Gasteiger partial charge on any atom is -0.447 e. The molecule has 1 aromatic heterocycles. The van der Waals surface area contributed by atoms with Gasteiger partial charge in [-0.05, 0) is 48.7 Å². The fourth-order valence-electron chi connectivity index (χ4n) is 3.67. The first kappa shape index (κ1) is 23.5. The first-order valence-electron chi connectivity index (χ1n) is 11.0. The van der Waals surface area contributed by atoms with E-state index in [2.05, 4.69) is 20.0 Å². The highest BCUT2D eigenvalue weighted by Crippen LogP contribution is 2.27. The van der Waals surface area contributed by atoms with Crippen LogP contribution in [-0.4, -0.2) is 37.1 Å². The summed E-state index contributed by atoms with van der Waals surface area (Å²) < 4.78 is 32.8. The summed E-state index contributed by atoms with van der Waals surface area (Å²) in [7, 11) is -3.65. The van der Waals surface area contributed by atoms with Crippen LogP contribution in [0.4, 0.5) is 22.2 Å². The molecule has 34 heavy (non-hydrogen) atoms. The molecule has 10 heteroatoms. The number of sulfonamides is 1. The summed E-state index contributed by atoms with van der Waals surface area (Å²) in [5.41, 5.74) is 1.38. The molecule has 0 saturated carbocycles. The normalized spacial score (nSPS) is 16.9. The molecule has 1 amide bonds. The Labute approximate surface area is 199 Å². The van der Waals surface area contributed by atoms with Crippen LogP contribution in [0.15, 0.2) is 71.8 Å². The zero-order valence-corrected chi connectivity index (χ0v) is 20.0. The van der Waals surface area contributed by atoms with Gasteiger partial charge >= 0.3 is 6.09 Å². The number of nitrogens with one attached hydrogen (secondary N) is 2. The van der Waals surface area contributed by atoms with Gasteiger partial charge in [0.05, 0.1) is 17.0 Å². The van der Waals surface area contributed by atoms with Gasteiger partial charge in [0.2, 0.25) is 5.95 Å². The topological polar surface area (TPSA) is 114 Å². The molecule has 0 aliphatic carbocycles. The summed E-state index contributed by atoms with van der Waals surface area (Å²) in [6, 6.07) is 16.7. The molecule has 2 aromatic carbocycles. The number of anilines is 3. The van der Waals surface area contributed by atoms with Crippen LogP contribution in [0.25, 0.3) is 0 Å². The van der Waals surface area contributed by atoms with Crippen LogP contribution >= 0.6 is 0 Å². The third-order valence-corrected chi connectivity index (χ3v) is 7.02. The van der Waals surface area contributed by atoms with Crippen molar-refractivity contribution in [3.8, 4) is 0 Å². The number of carbonyl (C=O) groups is 1. The minimum atomic E-state index is -3.65. The second-order valence-electron chi connectivity index (χ2n) is 8.40. The highest BCUT2D eigenvalue weighted by atomic mass is 32.2. The van der Waals surface area contributed by atoms with E-state index in [0.717, 1.165) is 5.56 Å². The molecular formula is C24H27N5O4S. The summed E-state index contributed by atoms with van der Waals surface area (Å²) in [6.45, 7) is 6.34. The van der Waals surface area contributed by atoms with Crippen molar-refractivity contribution in [2.24, 2.45) is 5.92 Å². The number of carbonyl (C=O) groups excluding carboxylic acids is 1. The minimum absolute atomic E-state index is 0.0834. The van der Waals surface area contributed by atoms with Crippen molar-refractivity contribution in [2.75, 3.05) is 21.5 Å². The summed E-state index contributed by atoms with van der Waals surface area (Å²) in [6.07, 6.45) is 1.19. The van der Waals surface area contributed by atoms with Gasteiger partial charge in [-0.25, -0.2) is 18.2 Å². The number of rotatable bonds is 8. The molecule has 3 aromatic rings. The van der Waals surface area contributed by atoms with Gasteiger partial charge in [0.15, 0.2) is 0 Å². The highest BCUT2D eigenvalue weighted by molar-refractivity contribution is 7.92. The third-order valence-electron chi connectivity index (χ3n) is 5.63. The van der Waals surface area contributed by atoms with E-state index in [0.29, 0.717) is 24.1 Å². The van der Waals surface area contributed by atoms with Crippen LogP contribution < -0.4 is 14.9 Å². The molecule has 4 rings (SSSR count). The van der Waals surface area contributed by atoms with Crippen molar-refractivity contribution in [2.45, 2.75) is 37.8 Å². The molecule has 178 valence electrons. The molecule has 1 saturated heterocycles. The van der Waals surface area contributed by atoms with E-state index in [1.807, 2.05) is 32.9 Å². The lowest BCUT2D eigenvalue weighted by atomic mass is 10.0. The van der Waals surface area contributed by atoms with Gasteiger partial charge in [-0.15, -0.1) is 0 Å². The average Bonchev–Trinajstić information content (AvgIpc) is 3.22. The van der Waals surface area contributed by atoms with Gasteiger partial charge < -0.3 is 10.1 Å². The Bertz CT molecular complexity index is 1250. The summed E-state index contributed by atoms with van der Waals surface area (Å²) in [5.74, 6) is 1.08. The number of hydrogen-bond acceptors (Lipinski definition) is 7. The van der Waals surface area contributed by atoms with Crippen molar-refractivity contribution < 1.29 is 17.9 Å². The van der Waals surface area contributed by atoms with Gasteiger partial charge in [-0.2, -0.15) is 4.98 Å². The lowest BCUT2D eigenvalue weighted by molar-refractivity contribution is 0.177. The van der Waals surface area contributed by atoms with Crippen molar-refractivity contribution in [1.29, 1.82) is 0 Å². The van der Waals surface area contributed by atoms with E-state index in [9.17, 15) is 13.2 Å². The van der Waals surface area contributed by atoms with Crippen LogP contribution in [0, 0.1) is 5.92 Å².